The van der Waals surface area contributed by atoms with Gasteiger partial charge in [-0.1, -0.05) is 66.4 Å². The van der Waals surface area contributed by atoms with Crippen molar-refractivity contribution in [2.75, 3.05) is 5.32 Å². The number of hydrogen-bond donors (Lipinski definition) is 1. The molecule has 1 unspecified atom stereocenters. The number of ether oxygens (including phenoxy) is 1. The van der Waals surface area contributed by atoms with E-state index in [9.17, 15) is 18.0 Å². The maximum Gasteiger partial charge on any atom is 0.387 e. The second kappa shape index (κ2) is 11.1. The monoisotopic (exact) mass is 498 g/mol. The lowest BCUT2D eigenvalue weighted by Crippen LogP contribution is -2.23. The maximum absolute atomic E-state index is 14.5. The van der Waals surface area contributed by atoms with Crippen molar-refractivity contribution in [3.63, 3.8) is 0 Å². The summed E-state index contributed by atoms with van der Waals surface area (Å²) in [5, 5.41) is 10.8. The molecular formula is C25H21F3N4O2S. The number of carbonyl (C=O) groups is 1. The molecule has 0 radical (unpaired) electrons. The molecule has 0 saturated heterocycles. The van der Waals surface area contributed by atoms with E-state index in [1.165, 1.54) is 24.3 Å². The smallest absolute Gasteiger partial charge is 0.387 e. The van der Waals surface area contributed by atoms with Gasteiger partial charge >= 0.3 is 6.61 Å². The number of benzene rings is 3. The topological polar surface area (TPSA) is 69.0 Å². The van der Waals surface area contributed by atoms with Gasteiger partial charge in [0.2, 0.25) is 5.91 Å². The molecule has 0 spiro atoms. The average molecular weight is 499 g/mol. The summed E-state index contributed by atoms with van der Waals surface area (Å²) in [6.07, 6.45) is 0. The van der Waals surface area contributed by atoms with Crippen LogP contribution in [-0.4, -0.2) is 32.5 Å². The number of rotatable bonds is 9. The van der Waals surface area contributed by atoms with E-state index in [1.54, 1.807) is 35.8 Å². The molecule has 1 heterocycles. The fraction of sp³-hybridized carbons (Fsp3) is 0.160. The first-order valence-corrected chi connectivity index (χ1v) is 11.5. The molecule has 0 saturated carbocycles. The summed E-state index contributed by atoms with van der Waals surface area (Å²) in [5.74, 6) is -0.686. The number of para-hydroxylation sites is 2. The second-order valence-electron chi connectivity index (χ2n) is 7.48. The number of hydrogen-bond acceptors (Lipinski definition) is 5. The van der Waals surface area contributed by atoms with Gasteiger partial charge in [-0.3, -0.25) is 9.36 Å². The van der Waals surface area contributed by atoms with Gasteiger partial charge in [-0.05, 0) is 36.8 Å². The molecule has 0 aliphatic heterocycles. The van der Waals surface area contributed by atoms with Gasteiger partial charge in [0, 0.05) is 0 Å². The first kappa shape index (κ1) is 24.3. The third-order valence-corrected chi connectivity index (χ3v) is 6.11. The summed E-state index contributed by atoms with van der Waals surface area (Å²) in [7, 11) is 0. The lowest BCUT2D eigenvalue weighted by molar-refractivity contribution is -0.115. The van der Waals surface area contributed by atoms with Gasteiger partial charge in [0.1, 0.15) is 11.6 Å². The van der Waals surface area contributed by atoms with Crippen LogP contribution in [0.5, 0.6) is 5.75 Å². The van der Waals surface area contributed by atoms with Crippen LogP contribution in [-0.2, 0) is 11.3 Å². The number of amides is 1. The van der Waals surface area contributed by atoms with E-state index in [0.29, 0.717) is 17.5 Å². The molecule has 0 aliphatic rings. The zero-order valence-electron chi connectivity index (χ0n) is 18.6. The molecule has 0 bridgehead atoms. The van der Waals surface area contributed by atoms with Crippen molar-refractivity contribution < 1.29 is 22.7 Å². The van der Waals surface area contributed by atoms with E-state index in [2.05, 4.69) is 20.3 Å². The minimum absolute atomic E-state index is 0.128. The Balaban J connectivity index is 1.59. The molecule has 180 valence electrons. The minimum Gasteiger partial charge on any atom is -0.433 e. The summed E-state index contributed by atoms with van der Waals surface area (Å²) in [4.78, 5) is 12.9. The van der Waals surface area contributed by atoms with Crippen LogP contribution in [0.4, 0.5) is 18.9 Å². The Morgan fingerprint density at radius 3 is 2.43 bits per heavy atom. The van der Waals surface area contributed by atoms with Crippen molar-refractivity contribution >= 4 is 23.4 Å². The highest BCUT2D eigenvalue weighted by Gasteiger charge is 2.23. The molecule has 1 amide bonds. The van der Waals surface area contributed by atoms with Crippen LogP contribution in [0.15, 0.2) is 84.0 Å². The predicted octanol–water partition coefficient (Wildman–Crippen LogP) is 5.85. The van der Waals surface area contributed by atoms with Crippen LogP contribution in [0.3, 0.4) is 0 Å². The van der Waals surface area contributed by atoms with Gasteiger partial charge in [0.15, 0.2) is 11.0 Å². The molecule has 4 aromatic rings. The molecule has 4 rings (SSSR count). The number of carbonyl (C=O) groups excluding carboxylic acids is 1. The molecule has 10 heteroatoms. The zero-order valence-corrected chi connectivity index (χ0v) is 19.4. The van der Waals surface area contributed by atoms with Gasteiger partial charge in [-0.15, -0.1) is 10.2 Å². The van der Waals surface area contributed by atoms with Crippen LogP contribution >= 0.6 is 11.8 Å². The van der Waals surface area contributed by atoms with E-state index >= 15 is 0 Å². The Morgan fingerprint density at radius 2 is 1.69 bits per heavy atom. The van der Waals surface area contributed by atoms with E-state index in [0.717, 1.165) is 17.3 Å². The molecule has 6 nitrogen and oxygen atoms in total. The highest BCUT2D eigenvalue weighted by molar-refractivity contribution is 8.00. The number of halogens is 3. The third-order valence-electron chi connectivity index (χ3n) is 5.03. The largest absolute Gasteiger partial charge is 0.433 e. The van der Waals surface area contributed by atoms with Crippen molar-refractivity contribution in [1.82, 2.24) is 14.8 Å². The van der Waals surface area contributed by atoms with Crippen molar-refractivity contribution in [3.8, 4) is 17.1 Å². The maximum atomic E-state index is 14.5. The standard InChI is InChI=1S/C25H21F3N4O2S/c1-16(23(33)29-20-13-7-8-14-21(20)34-24(27)28)35-25-31-30-22(18-11-5-6-12-19(18)26)32(25)15-17-9-3-2-4-10-17/h2-14,16,24H,15H2,1H3,(H,29,33). The normalized spacial score (nSPS) is 11.9. The fourth-order valence-electron chi connectivity index (χ4n) is 3.34. The Morgan fingerprint density at radius 1 is 1.00 bits per heavy atom. The molecule has 0 aliphatic carbocycles. The van der Waals surface area contributed by atoms with Crippen LogP contribution in [0.1, 0.15) is 12.5 Å². The van der Waals surface area contributed by atoms with Crippen molar-refractivity contribution in [2.24, 2.45) is 0 Å². The van der Waals surface area contributed by atoms with Gasteiger partial charge in [-0.25, -0.2) is 4.39 Å². The molecular weight excluding hydrogens is 477 g/mol. The molecule has 1 aromatic heterocycles. The Kier molecular flexibility index (Phi) is 7.71. The second-order valence-corrected chi connectivity index (χ2v) is 8.79. The summed E-state index contributed by atoms with van der Waals surface area (Å²) in [6, 6.07) is 21.7. The Hall–Kier alpha value is -3.79. The summed E-state index contributed by atoms with van der Waals surface area (Å²) >= 11 is 1.12. The Labute approximate surface area is 204 Å². The van der Waals surface area contributed by atoms with Gasteiger partial charge in [-0.2, -0.15) is 8.78 Å². The highest BCUT2D eigenvalue weighted by atomic mass is 32.2. The molecule has 35 heavy (non-hydrogen) atoms. The van der Waals surface area contributed by atoms with E-state index < -0.39 is 23.6 Å². The number of thioether (sulfide) groups is 1. The highest BCUT2D eigenvalue weighted by Crippen LogP contribution is 2.31. The lowest BCUT2D eigenvalue weighted by Gasteiger charge is -2.16. The first-order chi connectivity index (χ1) is 16.9. The van der Waals surface area contributed by atoms with Crippen LogP contribution in [0, 0.1) is 5.82 Å². The van der Waals surface area contributed by atoms with Gasteiger partial charge in [0.25, 0.3) is 0 Å². The van der Waals surface area contributed by atoms with Gasteiger partial charge < -0.3 is 10.1 Å². The van der Waals surface area contributed by atoms with Crippen LogP contribution in [0.2, 0.25) is 0 Å². The summed E-state index contributed by atoms with van der Waals surface area (Å²) in [6.45, 7) is -1.01. The zero-order chi connectivity index (χ0) is 24.8. The molecule has 0 fully saturated rings. The lowest BCUT2D eigenvalue weighted by atomic mass is 10.2. The van der Waals surface area contributed by atoms with E-state index in [1.807, 2.05) is 30.3 Å². The van der Waals surface area contributed by atoms with Crippen LogP contribution in [0.25, 0.3) is 11.4 Å². The molecule has 1 N–H and O–H groups in total. The minimum atomic E-state index is -3.02. The van der Waals surface area contributed by atoms with Crippen molar-refractivity contribution in [1.29, 1.82) is 0 Å². The summed E-state index contributed by atoms with van der Waals surface area (Å²) in [5.41, 5.74) is 1.36. The third kappa shape index (κ3) is 6.02. The number of anilines is 1. The average Bonchev–Trinajstić information content (AvgIpc) is 3.22. The Bertz CT molecular complexity index is 1300. The number of nitrogens with one attached hydrogen (secondary N) is 1. The first-order valence-electron chi connectivity index (χ1n) is 10.7. The van der Waals surface area contributed by atoms with Crippen molar-refractivity contribution in [3.05, 3.63) is 90.2 Å². The molecule has 3 aromatic carbocycles. The fourth-order valence-corrected chi connectivity index (χ4v) is 4.19. The summed E-state index contributed by atoms with van der Waals surface area (Å²) < 4.78 is 46.2. The number of nitrogens with zero attached hydrogens (tertiary/aromatic N) is 3. The SMILES string of the molecule is CC(Sc1nnc(-c2ccccc2F)n1Cc1ccccc1)C(=O)Nc1ccccc1OC(F)F. The number of alkyl halides is 2. The van der Waals surface area contributed by atoms with Crippen LogP contribution < -0.4 is 10.1 Å². The van der Waals surface area contributed by atoms with E-state index in [4.69, 9.17) is 0 Å². The van der Waals surface area contributed by atoms with E-state index in [-0.39, 0.29) is 17.0 Å². The quantitative estimate of drug-likeness (QED) is 0.293. The number of aromatic nitrogens is 3. The molecule has 1 atom stereocenters. The predicted molar refractivity (Wildman–Crippen MR) is 128 cm³/mol. The van der Waals surface area contributed by atoms with Crippen molar-refractivity contribution in [2.45, 2.75) is 30.5 Å². The van der Waals surface area contributed by atoms with Gasteiger partial charge in [0.05, 0.1) is 23.0 Å².